The van der Waals surface area contributed by atoms with E-state index in [2.05, 4.69) is 4.90 Å². The fourth-order valence-electron chi connectivity index (χ4n) is 3.90. The molecule has 4 rings (SSSR count). The van der Waals surface area contributed by atoms with Crippen LogP contribution in [0.4, 0.5) is 4.39 Å². The lowest BCUT2D eigenvalue weighted by molar-refractivity contribution is 0.00879. The van der Waals surface area contributed by atoms with Crippen molar-refractivity contribution in [2.45, 2.75) is 44.2 Å². The number of amides is 1. The number of ether oxygens (including phenoxy) is 1. The summed E-state index contributed by atoms with van der Waals surface area (Å²) in [4.78, 5) is 16.6. The molecular weight excluding hydrogens is 339 g/mol. The Balaban J connectivity index is 1.31. The van der Waals surface area contributed by atoms with Gasteiger partial charge in [-0.3, -0.25) is 4.79 Å². The molecule has 0 unspecified atom stereocenters. The van der Waals surface area contributed by atoms with Gasteiger partial charge in [0.15, 0.2) is 0 Å². The first-order valence-corrected chi connectivity index (χ1v) is 10.4. The molecule has 3 fully saturated rings. The van der Waals surface area contributed by atoms with Crippen LogP contribution < -0.4 is 4.74 Å². The zero-order valence-electron chi connectivity index (χ0n) is 14.5. The molecule has 6 heteroatoms. The molecule has 2 aliphatic heterocycles. The molecule has 1 amide bonds. The predicted molar refractivity (Wildman–Crippen MR) is 97.6 cm³/mol. The summed E-state index contributed by atoms with van der Waals surface area (Å²) < 4.78 is 20.3. The molecule has 25 heavy (non-hydrogen) atoms. The lowest BCUT2D eigenvalue weighted by Crippen LogP contribution is -2.50. The second kappa shape index (κ2) is 7.54. The van der Waals surface area contributed by atoms with Crippen molar-refractivity contribution >= 4 is 17.7 Å². The van der Waals surface area contributed by atoms with Crippen LogP contribution in [0, 0.1) is 5.82 Å². The van der Waals surface area contributed by atoms with E-state index in [-0.39, 0.29) is 17.6 Å². The van der Waals surface area contributed by atoms with Gasteiger partial charge < -0.3 is 14.5 Å². The fourth-order valence-corrected chi connectivity index (χ4v) is 4.84. The lowest BCUT2D eigenvalue weighted by atomic mass is 9.86. The van der Waals surface area contributed by atoms with Gasteiger partial charge in [-0.25, -0.2) is 4.39 Å². The number of piperidine rings is 1. The SMILES string of the molecule is O=C(c1ccc(OC2CC(N3CCCCC3)C2)cc1F)N1CCSC1. The van der Waals surface area contributed by atoms with Gasteiger partial charge in [-0.05, 0) is 38.1 Å². The number of nitrogens with zero attached hydrogens (tertiary/aromatic N) is 2. The molecule has 2 heterocycles. The molecule has 0 N–H and O–H groups in total. The molecule has 0 spiro atoms. The summed E-state index contributed by atoms with van der Waals surface area (Å²) in [5.41, 5.74) is 0.148. The average molecular weight is 364 g/mol. The van der Waals surface area contributed by atoms with E-state index in [0.717, 1.165) is 18.6 Å². The van der Waals surface area contributed by atoms with Crippen LogP contribution in [0.3, 0.4) is 0 Å². The number of benzene rings is 1. The van der Waals surface area contributed by atoms with Crippen molar-refractivity contribution in [3.63, 3.8) is 0 Å². The van der Waals surface area contributed by atoms with Gasteiger partial charge in [0.2, 0.25) is 0 Å². The van der Waals surface area contributed by atoms with Crippen LogP contribution in [0.2, 0.25) is 0 Å². The highest BCUT2D eigenvalue weighted by molar-refractivity contribution is 7.99. The third kappa shape index (κ3) is 3.80. The van der Waals surface area contributed by atoms with Crippen LogP contribution >= 0.6 is 11.8 Å². The normalized spacial score (nSPS) is 27.2. The van der Waals surface area contributed by atoms with Gasteiger partial charge in [-0.1, -0.05) is 6.42 Å². The zero-order chi connectivity index (χ0) is 17.2. The first kappa shape index (κ1) is 17.2. The van der Waals surface area contributed by atoms with Crippen molar-refractivity contribution in [2.24, 2.45) is 0 Å². The van der Waals surface area contributed by atoms with E-state index in [0.29, 0.717) is 24.2 Å². The van der Waals surface area contributed by atoms with E-state index in [1.54, 1.807) is 28.8 Å². The van der Waals surface area contributed by atoms with Gasteiger partial charge >= 0.3 is 0 Å². The first-order chi connectivity index (χ1) is 12.2. The van der Waals surface area contributed by atoms with Gasteiger partial charge in [-0.2, -0.15) is 0 Å². The van der Waals surface area contributed by atoms with Crippen LogP contribution in [0.1, 0.15) is 42.5 Å². The second-order valence-corrected chi connectivity index (χ2v) is 8.28. The summed E-state index contributed by atoms with van der Waals surface area (Å²) in [6.45, 7) is 3.11. The Morgan fingerprint density at radius 3 is 2.64 bits per heavy atom. The molecule has 1 aliphatic carbocycles. The quantitative estimate of drug-likeness (QED) is 0.820. The van der Waals surface area contributed by atoms with E-state index >= 15 is 0 Å². The monoisotopic (exact) mass is 364 g/mol. The van der Waals surface area contributed by atoms with Crippen LogP contribution in [0.5, 0.6) is 5.75 Å². The topological polar surface area (TPSA) is 32.8 Å². The van der Waals surface area contributed by atoms with Crippen LogP contribution in [-0.4, -0.2) is 59.1 Å². The van der Waals surface area contributed by atoms with Crippen LogP contribution in [0.25, 0.3) is 0 Å². The Labute approximate surface area is 152 Å². The zero-order valence-corrected chi connectivity index (χ0v) is 15.3. The van der Waals surface area contributed by atoms with E-state index in [1.165, 1.54) is 38.4 Å². The number of carbonyl (C=O) groups excluding carboxylic acids is 1. The Kier molecular flexibility index (Phi) is 5.17. The Morgan fingerprint density at radius 2 is 1.96 bits per heavy atom. The van der Waals surface area contributed by atoms with Gasteiger partial charge in [0.05, 0.1) is 11.4 Å². The van der Waals surface area contributed by atoms with Crippen molar-refractivity contribution in [2.75, 3.05) is 31.3 Å². The molecule has 2 saturated heterocycles. The summed E-state index contributed by atoms with van der Waals surface area (Å²) >= 11 is 1.70. The van der Waals surface area contributed by atoms with Crippen molar-refractivity contribution in [3.05, 3.63) is 29.6 Å². The number of halogens is 1. The molecule has 1 aromatic carbocycles. The number of hydrogen-bond acceptors (Lipinski definition) is 4. The Morgan fingerprint density at radius 1 is 1.16 bits per heavy atom. The highest BCUT2D eigenvalue weighted by Crippen LogP contribution is 2.32. The van der Waals surface area contributed by atoms with Gasteiger partial charge in [0.1, 0.15) is 17.7 Å². The number of hydrogen-bond donors (Lipinski definition) is 0. The standard InChI is InChI=1S/C19H25FN2O2S/c20-18-12-15(4-5-17(18)19(23)22-8-9-25-13-22)24-16-10-14(11-16)21-6-2-1-3-7-21/h4-5,12,14,16H,1-3,6-11,13H2. The maximum absolute atomic E-state index is 14.4. The predicted octanol–water partition coefficient (Wildman–Crippen LogP) is 3.37. The molecule has 136 valence electrons. The van der Waals surface area contributed by atoms with Crippen LogP contribution in [-0.2, 0) is 0 Å². The third-order valence-corrected chi connectivity index (χ3v) is 6.46. The smallest absolute Gasteiger partial charge is 0.257 e. The van der Waals surface area contributed by atoms with Gasteiger partial charge in [0.25, 0.3) is 5.91 Å². The van der Waals surface area contributed by atoms with Crippen molar-refractivity contribution in [1.29, 1.82) is 0 Å². The minimum Gasteiger partial charge on any atom is -0.490 e. The molecule has 0 radical (unpaired) electrons. The van der Waals surface area contributed by atoms with E-state index in [1.807, 2.05) is 0 Å². The molecule has 0 aromatic heterocycles. The fraction of sp³-hybridized carbons (Fsp3) is 0.632. The molecular formula is C19H25FN2O2S. The van der Waals surface area contributed by atoms with Gasteiger partial charge in [0, 0.05) is 37.2 Å². The van der Waals surface area contributed by atoms with E-state index in [4.69, 9.17) is 4.74 Å². The number of likely N-dealkylation sites (tertiary alicyclic amines) is 1. The highest BCUT2D eigenvalue weighted by atomic mass is 32.2. The molecule has 0 atom stereocenters. The van der Waals surface area contributed by atoms with E-state index in [9.17, 15) is 9.18 Å². The van der Waals surface area contributed by atoms with Crippen molar-refractivity contribution in [1.82, 2.24) is 9.80 Å². The third-order valence-electron chi connectivity index (χ3n) is 5.49. The lowest BCUT2D eigenvalue weighted by Gasteiger charge is -2.44. The largest absolute Gasteiger partial charge is 0.490 e. The number of thioether (sulfide) groups is 1. The number of rotatable bonds is 4. The first-order valence-electron chi connectivity index (χ1n) is 9.28. The van der Waals surface area contributed by atoms with Crippen molar-refractivity contribution in [3.8, 4) is 5.75 Å². The summed E-state index contributed by atoms with van der Waals surface area (Å²) in [6.07, 6.45) is 6.17. The minimum absolute atomic E-state index is 0.148. The molecule has 4 nitrogen and oxygen atoms in total. The minimum atomic E-state index is -0.480. The summed E-state index contributed by atoms with van der Waals surface area (Å²) in [6, 6.07) is 5.29. The second-order valence-electron chi connectivity index (χ2n) is 7.21. The summed E-state index contributed by atoms with van der Waals surface area (Å²) in [7, 11) is 0. The van der Waals surface area contributed by atoms with Crippen molar-refractivity contribution < 1.29 is 13.9 Å². The Hall–Kier alpha value is -1.27. The summed E-state index contributed by atoms with van der Waals surface area (Å²) in [5.74, 6) is 1.41. The maximum Gasteiger partial charge on any atom is 0.257 e. The molecule has 0 bridgehead atoms. The average Bonchev–Trinajstić information content (AvgIpc) is 3.13. The van der Waals surface area contributed by atoms with Gasteiger partial charge in [-0.15, -0.1) is 11.8 Å². The summed E-state index contributed by atoms with van der Waals surface area (Å²) in [5, 5.41) is 0. The maximum atomic E-state index is 14.4. The van der Waals surface area contributed by atoms with E-state index < -0.39 is 5.82 Å². The highest BCUT2D eigenvalue weighted by Gasteiger charge is 2.35. The molecule has 3 aliphatic rings. The molecule has 1 saturated carbocycles. The Bertz CT molecular complexity index is 624. The molecule has 1 aromatic rings. The van der Waals surface area contributed by atoms with Crippen LogP contribution in [0.15, 0.2) is 18.2 Å². The number of carbonyl (C=O) groups is 1.